The van der Waals surface area contributed by atoms with E-state index in [0.29, 0.717) is 5.56 Å². The van der Waals surface area contributed by atoms with Crippen LogP contribution >= 0.6 is 15.9 Å². The number of hydrogen-bond acceptors (Lipinski definition) is 4. The molecule has 26 heavy (non-hydrogen) atoms. The molecular formula is C18H15BrN2O4S. The van der Waals surface area contributed by atoms with Crippen molar-refractivity contribution in [3.8, 4) is 0 Å². The number of rotatable bonds is 2. The lowest BCUT2D eigenvalue weighted by Crippen LogP contribution is -2.48. The fourth-order valence-electron chi connectivity index (χ4n) is 3.69. The van der Waals surface area contributed by atoms with Gasteiger partial charge in [-0.2, -0.15) is 4.31 Å². The van der Waals surface area contributed by atoms with Gasteiger partial charge in [-0.1, -0.05) is 46.3 Å². The Hall–Kier alpha value is -2.03. The summed E-state index contributed by atoms with van der Waals surface area (Å²) in [5.74, 6) is -1.07. The zero-order chi connectivity index (χ0) is 18.7. The van der Waals surface area contributed by atoms with Gasteiger partial charge in [0.2, 0.25) is 15.9 Å². The van der Waals surface area contributed by atoms with Crippen LogP contribution in [0.3, 0.4) is 0 Å². The number of aryl methyl sites for hydroxylation is 1. The van der Waals surface area contributed by atoms with Gasteiger partial charge >= 0.3 is 0 Å². The molecule has 1 saturated heterocycles. The van der Waals surface area contributed by atoms with E-state index >= 15 is 0 Å². The molecule has 2 heterocycles. The number of sulfonamides is 1. The summed E-state index contributed by atoms with van der Waals surface area (Å²) >= 11 is 3.42. The molecule has 1 unspecified atom stereocenters. The molecule has 2 aromatic carbocycles. The number of nitrogens with zero attached hydrogens (tertiary/aromatic N) is 1. The van der Waals surface area contributed by atoms with Crippen molar-refractivity contribution in [3.63, 3.8) is 0 Å². The van der Waals surface area contributed by atoms with Crippen LogP contribution in [-0.2, 0) is 31.7 Å². The van der Waals surface area contributed by atoms with Crippen LogP contribution in [-0.4, -0.2) is 24.5 Å². The number of nitrogens with one attached hydrogen (secondary N) is 1. The molecule has 0 saturated carbocycles. The Morgan fingerprint density at radius 2 is 1.92 bits per heavy atom. The minimum atomic E-state index is -3.91. The smallest absolute Gasteiger partial charge is 0.253 e. The van der Waals surface area contributed by atoms with Crippen LogP contribution in [0.2, 0.25) is 0 Å². The molecule has 1 N–H and O–H groups in total. The zero-order valence-corrected chi connectivity index (χ0v) is 16.2. The quantitative estimate of drug-likeness (QED) is 0.734. The molecule has 6 nitrogen and oxygen atoms in total. The first kappa shape index (κ1) is 17.4. The van der Waals surface area contributed by atoms with Gasteiger partial charge in [0.1, 0.15) is 0 Å². The van der Waals surface area contributed by atoms with Crippen LogP contribution in [0.4, 0.5) is 0 Å². The maximum atomic E-state index is 13.2. The molecule has 4 rings (SSSR count). The van der Waals surface area contributed by atoms with Gasteiger partial charge in [-0.3, -0.25) is 14.9 Å². The SMILES string of the molecule is Cc1cc(CN2C3(CC(=O)NC3=O)c3ccccc3S2(=O)=O)ccc1Br. The third-order valence-corrected chi connectivity index (χ3v) is 7.74. The van der Waals surface area contributed by atoms with Gasteiger partial charge in [0.25, 0.3) is 5.91 Å². The third-order valence-electron chi connectivity index (χ3n) is 4.92. The molecule has 1 spiro atoms. The number of imide groups is 1. The van der Waals surface area contributed by atoms with Crippen LogP contribution in [0.5, 0.6) is 0 Å². The average Bonchev–Trinajstić information content (AvgIpc) is 2.98. The van der Waals surface area contributed by atoms with Gasteiger partial charge in [0.05, 0.1) is 11.3 Å². The third kappa shape index (κ3) is 2.29. The fourth-order valence-corrected chi connectivity index (χ4v) is 5.91. The van der Waals surface area contributed by atoms with Crippen molar-refractivity contribution in [1.29, 1.82) is 0 Å². The van der Waals surface area contributed by atoms with E-state index in [0.717, 1.165) is 19.9 Å². The van der Waals surface area contributed by atoms with E-state index in [1.165, 1.54) is 6.07 Å². The van der Waals surface area contributed by atoms with E-state index in [4.69, 9.17) is 0 Å². The van der Waals surface area contributed by atoms with Gasteiger partial charge in [-0.25, -0.2) is 8.42 Å². The van der Waals surface area contributed by atoms with Crippen molar-refractivity contribution < 1.29 is 18.0 Å². The highest BCUT2D eigenvalue weighted by Gasteiger charge is 2.62. The molecule has 8 heteroatoms. The molecule has 2 aromatic rings. The molecular weight excluding hydrogens is 420 g/mol. The topological polar surface area (TPSA) is 83.6 Å². The number of amides is 2. The Labute approximate surface area is 159 Å². The second-order valence-corrected chi connectivity index (χ2v) is 9.19. The number of benzene rings is 2. The molecule has 0 aliphatic carbocycles. The molecule has 134 valence electrons. The number of carbonyl (C=O) groups excluding carboxylic acids is 2. The lowest BCUT2D eigenvalue weighted by Gasteiger charge is -2.30. The summed E-state index contributed by atoms with van der Waals surface area (Å²) in [6.07, 6.45) is -0.211. The van der Waals surface area contributed by atoms with Crippen LogP contribution in [0, 0.1) is 6.92 Å². The lowest BCUT2D eigenvalue weighted by molar-refractivity contribution is -0.128. The van der Waals surface area contributed by atoms with Crippen molar-refractivity contribution >= 4 is 37.8 Å². The first-order valence-corrected chi connectivity index (χ1v) is 10.2. The molecule has 2 aliphatic rings. The molecule has 0 aromatic heterocycles. The van der Waals surface area contributed by atoms with E-state index in [9.17, 15) is 18.0 Å². The first-order valence-electron chi connectivity index (χ1n) is 7.98. The Bertz CT molecular complexity index is 1070. The van der Waals surface area contributed by atoms with E-state index in [1.54, 1.807) is 24.3 Å². The van der Waals surface area contributed by atoms with E-state index in [2.05, 4.69) is 21.2 Å². The van der Waals surface area contributed by atoms with Crippen LogP contribution in [0.1, 0.15) is 23.1 Å². The Morgan fingerprint density at radius 3 is 2.58 bits per heavy atom. The van der Waals surface area contributed by atoms with Crippen LogP contribution in [0.25, 0.3) is 0 Å². The zero-order valence-electron chi connectivity index (χ0n) is 13.8. The Morgan fingerprint density at radius 1 is 1.19 bits per heavy atom. The van der Waals surface area contributed by atoms with Gasteiger partial charge in [0, 0.05) is 16.6 Å². The summed E-state index contributed by atoms with van der Waals surface area (Å²) in [6.45, 7) is 1.91. The minimum absolute atomic E-state index is 0.00579. The van der Waals surface area contributed by atoms with Crippen molar-refractivity contribution in [1.82, 2.24) is 9.62 Å². The van der Waals surface area contributed by atoms with E-state index in [1.807, 2.05) is 19.1 Å². The predicted octanol–water partition coefficient (Wildman–Crippen LogP) is 2.20. The summed E-state index contributed by atoms with van der Waals surface area (Å²) in [4.78, 5) is 24.8. The van der Waals surface area contributed by atoms with Crippen molar-refractivity contribution in [3.05, 3.63) is 63.6 Å². The second-order valence-electron chi connectivity index (χ2n) is 6.51. The first-order chi connectivity index (χ1) is 12.3. The molecule has 1 fully saturated rings. The molecule has 0 radical (unpaired) electrons. The largest absolute Gasteiger partial charge is 0.294 e. The summed E-state index contributed by atoms with van der Waals surface area (Å²) in [6, 6.07) is 11.9. The van der Waals surface area contributed by atoms with Crippen LogP contribution < -0.4 is 5.32 Å². The lowest BCUT2D eigenvalue weighted by atomic mass is 9.87. The van der Waals surface area contributed by atoms with Crippen molar-refractivity contribution in [2.45, 2.75) is 30.3 Å². The maximum absolute atomic E-state index is 13.2. The monoisotopic (exact) mass is 434 g/mol. The Balaban J connectivity index is 1.90. The second kappa shape index (κ2) is 5.73. The standard InChI is InChI=1S/C18H15BrN2O4S/c1-11-8-12(6-7-14(11)19)10-21-18(9-16(22)20-17(18)23)13-4-2-3-5-15(13)26(21,24)25/h2-8H,9-10H2,1H3,(H,20,22,23). The molecule has 2 amide bonds. The highest BCUT2D eigenvalue weighted by Crippen LogP contribution is 2.49. The summed E-state index contributed by atoms with van der Waals surface area (Å²) in [5.41, 5.74) is 0.538. The average molecular weight is 435 g/mol. The van der Waals surface area contributed by atoms with E-state index < -0.39 is 27.4 Å². The van der Waals surface area contributed by atoms with E-state index in [-0.39, 0.29) is 17.9 Å². The van der Waals surface area contributed by atoms with Gasteiger partial charge in [-0.15, -0.1) is 0 Å². The van der Waals surface area contributed by atoms with Gasteiger partial charge < -0.3 is 0 Å². The maximum Gasteiger partial charge on any atom is 0.253 e. The van der Waals surface area contributed by atoms with Crippen molar-refractivity contribution in [2.75, 3.05) is 0 Å². The highest BCUT2D eigenvalue weighted by atomic mass is 79.9. The van der Waals surface area contributed by atoms with Crippen LogP contribution in [0.15, 0.2) is 51.8 Å². The number of halogens is 1. The van der Waals surface area contributed by atoms with Gasteiger partial charge in [-0.05, 0) is 30.2 Å². The summed E-state index contributed by atoms with van der Waals surface area (Å²) in [7, 11) is -3.91. The summed E-state index contributed by atoms with van der Waals surface area (Å²) < 4.78 is 28.4. The minimum Gasteiger partial charge on any atom is -0.294 e. The number of hydrogen-bond donors (Lipinski definition) is 1. The fraction of sp³-hybridized carbons (Fsp3) is 0.222. The van der Waals surface area contributed by atoms with Crippen molar-refractivity contribution in [2.24, 2.45) is 0 Å². The number of carbonyl (C=O) groups is 2. The Kier molecular flexibility index (Phi) is 3.83. The molecule has 2 aliphatic heterocycles. The molecule has 0 bridgehead atoms. The molecule has 1 atom stereocenters. The normalized spacial score (nSPS) is 24.1. The van der Waals surface area contributed by atoms with Gasteiger partial charge in [0.15, 0.2) is 5.54 Å². The number of fused-ring (bicyclic) bond motifs is 2. The predicted molar refractivity (Wildman–Crippen MR) is 97.5 cm³/mol. The summed E-state index contributed by atoms with van der Waals surface area (Å²) in [5, 5.41) is 2.27. The highest BCUT2D eigenvalue weighted by molar-refractivity contribution is 9.10.